The molecule has 1 atom stereocenters. The van der Waals surface area contributed by atoms with Gasteiger partial charge < -0.3 is 9.47 Å². The van der Waals surface area contributed by atoms with Crippen LogP contribution in [0.2, 0.25) is 0 Å². The summed E-state index contributed by atoms with van der Waals surface area (Å²) in [4.78, 5) is 9.77. The molecule has 0 aromatic carbocycles. The van der Waals surface area contributed by atoms with E-state index in [1.807, 2.05) is 0 Å². The van der Waals surface area contributed by atoms with Gasteiger partial charge in [-0.25, -0.2) is 4.79 Å². The summed E-state index contributed by atoms with van der Waals surface area (Å²) >= 11 is 0. The van der Waals surface area contributed by atoms with Gasteiger partial charge in [-0.05, 0) is 0 Å². The molecule has 1 rings (SSSR count). The average molecular weight is 113 g/mol. The van der Waals surface area contributed by atoms with Gasteiger partial charge >= 0.3 is 6.16 Å². The number of rotatable bonds is 0. The number of ether oxygens (including phenoxy) is 2. The number of cyclic esters (lactones) is 2. The van der Waals surface area contributed by atoms with E-state index in [1.165, 1.54) is 0 Å². The van der Waals surface area contributed by atoms with Crippen molar-refractivity contribution < 1.29 is 18.7 Å². The number of halogens is 1. The van der Waals surface area contributed by atoms with Crippen LogP contribution in [0.1, 0.15) is 0 Å². The van der Waals surface area contributed by atoms with Gasteiger partial charge in [-0.2, -0.15) is 4.39 Å². The first-order chi connectivity index (χ1) is 3.29. The molecule has 3 nitrogen and oxygen atoms in total. The molecule has 0 spiro atoms. The van der Waals surface area contributed by atoms with Crippen LogP contribution in [-0.2, 0) is 9.47 Å². The third kappa shape index (κ3) is 1.72. The molecule has 1 aliphatic rings. The van der Waals surface area contributed by atoms with Gasteiger partial charge in [0.1, 0.15) is 0 Å². The maximum absolute atomic E-state index is 11.6. The molecule has 1 saturated heterocycles. The second-order valence-electron chi connectivity index (χ2n) is 1.09. The third-order valence-electron chi connectivity index (χ3n) is 0.556. The zero-order chi connectivity index (χ0) is 5.28. The Balaban J connectivity index is 0.000000490. The molecule has 0 aromatic heterocycles. The second kappa shape index (κ2) is 2.95. The molecular formula is C3H3FLiO3. The van der Waals surface area contributed by atoms with Gasteiger partial charge in [-0.3, -0.25) is 0 Å². The van der Waals surface area contributed by atoms with E-state index >= 15 is 0 Å². The van der Waals surface area contributed by atoms with Crippen LogP contribution < -0.4 is 0 Å². The summed E-state index contributed by atoms with van der Waals surface area (Å²) in [7, 11) is 0. The molecule has 1 fully saturated rings. The number of hydrogen-bond acceptors (Lipinski definition) is 3. The fraction of sp³-hybridized carbons (Fsp3) is 0.667. The normalized spacial score (nSPS) is 25.6. The van der Waals surface area contributed by atoms with Crippen molar-refractivity contribution in [2.75, 3.05) is 6.61 Å². The van der Waals surface area contributed by atoms with Crippen molar-refractivity contribution in [2.24, 2.45) is 0 Å². The van der Waals surface area contributed by atoms with Gasteiger partial charge in [-0.15, -0.1) is 0 Å². The molecule has 0 amide bonds. The minimum absolute atomic E-state index is 0. The van der Waals surface area contributed by atoms with Gasteiger partial charge in [0, 0.05) is 18.9 Å². The molecule has 8 heavy (non-hydrogen) atoms. The number of alkyl halides is 1. The first-order valence-corrected chi connectivity index (χ1v) is 1.76. The van der Waals surface area contributed by atoms with Crippen LogP contribution in [0.3, 0.4) is 0 Å². The topological polar surface area (TPSA) is 35.5 Å². The Bertz CT molecular complexity index is 96.5. The van der Waals surface area contributed by atoms with Crippen LogP contribution in [0.15, 0.2) is 0 Å². The van der Waals surface area contributed by atoms with Crippen molar-refractivity contribution in [3.05, 3.63) is 0 Å². The maximum atomic E-state index is 11.6. The maximum Gasteiger partial charge on any atom is 0.511 e. The van der Waals surface area contributed by atoms with E-state index in [4.69, 9.17) is 0 Å². The number of carbonyl (C=O) groups excluding carboxylic acids is 1. The molecule has 0 aliphatic carbocycles. The zero-order valence-electron chi connectivity index (χ0n) is 4.39. The zero-order valence-corrected chi connectivity index (χ0v) is 4.39. The molecular weight excluding hydrogens is 110 g/mol. The van der Waals surface area contributed by atoms with E-state index in [2.05, 4.69) is 9.47 Å². The largest absolute Gasteiger partial charge is 0.511 e. The molecule has 0 saturated carbocycles. The summed E-state index contributed by atoms with van der Waals surface area (Å²) in [5, 5.41) is 0. The van der Waals surface area contributed by atoms with Crippen LogP contribution in [0.25, 0.3) is 0 Å². The van der Waals surface area contributed by atoms with Crippen LogP contribution in [-0.4, -0.2) is 38.0 Å². The number of carbonyl (C=O) groups is 1. The van der Waals surface area contributed by atoms with Crippen molar-refractivity contribution in [3.8, 4) is 0 Å². The van der Waals surface area contributed by atoms with Gasteiger partial charge in [-0.1, -0.05) is 0 Å². The standard InChI is InChI=1S/C3H3FO3.Li/c4-2-1-6-3(5)7-2;/h2H,1H2;. The minimum atomic E-state index is -1.55. The molecule has 5 heteroatoms. The molecule has 1 radical (unpaired) electrons. The summed E-state index contributed by atoms with van der Waals surface area (Å²) < 4.78 is 19.5. The van der Waals surface area contributed by atoms with E-state index in [9.17, 15) is 9.18 Å². The fourth-order valence-electron chi connectivity index (χ4n) is 0.306. The number of hydrogen-bond donors (Lipinski definition) is 0. The van der Waals surface area contributed by atoms with Crippen molar-refractivity contribution >= 4 is 25.0 Å². The molecule has 1 unspecified atom stereocenters. The van der Waals surface area contributed by atoms with Crippen molar-refractivity contribution in [2.45, 2.75) is 6.36 Å². The van der Waals surface area contributed by atoms with Gasteiger partial charge in [0.15, 0.2) is 6.61 Å². The van der Waals surface area contributed by atoms with Crippen molar-refractivity contribution in [3.63, 3.8) is 0 Å². The van der Waals surface area contributed by atoms with Crippen molar-refractivity contribution in [1.82, 2.24) is 0 Å². The summed E-state index contributed by atoms with van der Waals surface area (Å²) in [6.45, 7) is -0.265. The predicted molar refractivity (Wildman–Crippen MR) is 23.1 cm³/mol. The van der Waals surface area contributed by atoms with Crippen LogP contribution >= 0.6 is 0 Å². The van der Waals surface area contributed by atoms with Gasteiger partial charge in [0.2, 0.25) is 0 Å². The summed E-state index contributed by atoms with van der Waals surface area (Å²) in [6.07, 6.45) is -2.47. The van der Waals surface area contributed by atoms with E-state index in [0.717, 1.165) is 0 Å². The fourth-order valence-corrected chi connectivity index (χ4v) is 0.306. The Labute approximate surface area is 57.3 Å². The molecule has 1 heterocycles. The molecule has 41 valence electrons. The third-order valence-corrected chi connectivity index (χ3v) is 0.556. The molecule has 0 N–H and O–H groups in total. The molecule has 0 aromatic rings. The van der Waals surface area contributed by atoms with Crippen LogP contribution in [0, 0.1) is 0 Å². The SMILES string of the molecule is O=C1OCC(F)O1.[Li]. The van der Waals surface area contributed by atoms with Crippen LogP contribution in [0.4, 0.5) is 9.18 Å². The Kier molecular flexibility index (Phi) is 2.88. The quantitative estimate of drug-likeness (QED) is 0.329. The van der Waals surface area contributed by atoms with Crippen molar-refractivity contribution in [1.29, 1.82) is 0 Å². The average Bonchev–Trinajstić information content (AvgIpc) is 1.87. The monoisotopic (exact) mass is 113 g/mol. The summed E-state index contributed by atoms with van der Waals surface area (Å²) in [5.41, 5.74) is 0. The Morgan fingerprint density at radius 3 is 2.50 bits per heavy atom. The Morgan fingerprint density at radius 1 is 1.75 bits per heavy atom. The minimum Gasteiger partial charge on any atom is -0.427 e. The summed E-state index contributed by atoms with van der Waals surface area (Å²) in [6, 6.07) is 0. The van der Waals surface area contributed by atoms with E-state index in [0.29, 0.717) is 0 Å². The molecule has 0 bridgehead atoms. The predicted octanol–water partition coefficient (Wildman–Crippen LogP) is 0.0680. The van der Waals surface area contributed by atoms with E-state index in [1.54, 1.807) is 0 Å². The van der Waals surface area contributed by atoms with Gasteiger partial charge in [0.25, 0.3) is 6.36 Å². The Morgan fingerprint density at radius 2 is 2.38 bits per heavy atom. The smallest absolute Gasteiger partial charge is 0.427 e. The first kappa shape index (κ1) is 7.80. The van der Waals surface area contributed by atoms with E-state index in [-0.39, 0.29) is 25.5 Å². The molecule has 1 aliphatic heterocycles. The first-order valence-electron chi connectivity index (χ1n) is 1.76. The summed E-state index contributed by atoms with van der Waals surface area (Å²) in [5.74, 6) is 0. The second-order valence-corrected chi connectivity index (χ2v) is 1.09. The Hall–Kier alpha value is -0.203. The van der Waals surface area contributed by atoms with E-state index < -0.39 is 12.5 Å². The van der Waals surface area contributed by atoms with Crippen LogP contribution in [0.5, 0.6) is 0 Å². The van der Waals surface area contributed by atoms with Gasteiger partial charge in [0.05, 0.1) is 0 Å².